The molecule has 3 rings (SSSR count). The van der Waals surface area contributed by atoms with Crippen LogP contribution in [0.5, 0.6) is 0 Å². The van der Waals surface area contributed by atoms with Gasteiger partial charge in [0.1, 0.15) is 17.5 Å². The van der Waals surface area contributed by atoms with Crippen LogP contribution in [0.3, 0.4) is 0 Å². The van der Waals surface area contributed by atoms with E-state index in [4.69, 9.17) is 4.98 Å². The van der Waals surface area contributed by atoms with Gasteiger partial charge in [-0.1, -0.05) is 26.2 Å². The Morgan fingerprint density at radius 2 is 1.85 bits per heavy atom. The molecule has 20 heavy (non-hydrogen) atoms. The number of rotatable bonds is 5. The van der Waals surface area contributed by atoms with E-state index in [2.05, 4.69) is 22.5 Å². The van der Waals surface area contributed by atoms with Gasteiger partial charge in [-0.25, -0.2) is 9.97 Å². The highest BCUT2D eigenvalue weighted by atomic mass is 15.1. The van der Waals surface area contributed by atoms with Gasteiger partial charge in [-0.3, -0.25) is 0 Å². The van der Waals surface area contributed by atoms with Crippen molar-refractivity contribution in [3.63, 3.8) is 0 Å². The van der Waals surface area contributed by atoms with E-state index < -0.39 is 0 Å². The molecule has 0 radical (unpaired) electrons. The van der Waals surface area contributed by atoms with E-state index in [0.717, 1.165) is 35.8 Å². The Bertz CT molecular complexity index is 456. The van der Waals surface area contributed by atoms with Crippen molar-refractivity contribution in [3.8, 4) is 0 Å². The van der Waals surface area contributed by atoms with Crippen molar-refractivity contribution in [3.05, 3.63) is 11.9 Å². The summed E-state index contributed by atoms with van der Waals surface area (Å²) in [7, 11) is 1.92. The van der Waals surface area contributed by atoms with Crippen LogP contribution < -0.4 is 10.6 Å². The number of aromatic nitrogens is 2. The average Bonchev–Trinajstić information content (AvgIpc) is 3.31. The Kier molecular flexibility index (Phi) is 4.08. The maximum Gasteiger partial charge on any atom is 0.136 e. The van der Waals surface area contributed by atoms with Gasteiger partial charge >= 0.3 is 0 Å². The van der Waals surface area contributed by atoms with E-state index in [1.807, 2.05) is 13.1 Å². The van der Waals surface area contributed by atoms with E-state index in [1.54, 1.807) is 0 Å². The van der Waals surface area contributed by atoms with Gasteiger partial charge in [-0.2, -0.15) is 0 Å². The van der Waals surface area contributed by atoms with Crippen LogP contribution in [0.2, 0.25) is 0 Å². The van der Waals surface area contributed by atoms with E-state index in [9.17, 15) is 0 Å². The summed E-state index contributed by atoms with van der Waals surface area (Å²) in [5, 5.41) is 6.70. The lowest BCUT2D eigenvalue weighted by Gasteiger charge is -2.29. The van der Waals surface area contributed by atoms with Gasteiger partial charge < -0.3 is 10.6 Å². The van der Waals surface area contributed by atoms with Crippen LogP contribution in [-0.2, 0) is 0 Å². The van der Waals surface area contributed by atoms with E-state index in [0.29, 0.717) is 5.92 Å². The van der Waals surface area contributed by atoms with Crippen molar-refractivity contribution in [1.82, 2.24) is 9.97 Å². The third-order valence-electron chi connectivity index (χ3n) is 4.78. The summed E-state index contributed by atoms with van der Waals surface area (Å²) in [6.07, 6.45) is 8.01. The summed E-state index contributed by atoms with van der Waals surface area (Å²) >= 11 is 0. The van der Waals surface area contributed by atoms with Gasteiger partial charge in [0, 0.05) is 25.6 Å². The first-order valence-corrected chi connectivity index (χ1v) is 8.07. The smallest absolute Gasteiger partial charge is 0.136 e. The monoisotopic (exact) mass is 274 g/mol. The average molecular weight is 274 g/mol. The molecule has 0 bridgehead atoms. The van der Waals surface area contributed by atoms with Crippen molar-refractivity contribution in [2.45, 2.75) is 51.4 Å². The maximum atomic E-state index is 4.69. The number of hydrogen-bond donors (Lipinski definition) is 2. The Morgan fingerprint density at radius 1 is 1.10 bits per heavy atom. The predicted molar refractivity (Wildman–Crippen MR) is 83.2 cm³/mol. The zero-order chi connectivity index (χ0) is 13.9. The fourth-order valence-electron chi connectivity index (χ4n) is 3.14. The standard InChI is InChI=1S/C16H26N4/c1-11-5-3-4-6-13(11)10-18-15-9-14(17-2)19-16(20-15)12-7-8-12/h9,11-13H,3-8,10H2,1-2H3,(H2,17,18,19,20). The lowest BCUT2D eigenvalue weighted by Crippen LogP contribution is -2.24. The van der Waals surface area contributed by atoms with Crippen molar-refractivity contribution < 1.29 is 0 Å². The van der Waals surface area contributed by atoms with Crippen molar-refractivity contribution in [1.29, 1.82) is 0 Å². The molecule has 110 valence electrons. The fourth-order valence-corrected chi connectivity index (χ4v) is 3.14. The maximum absolute atomic E-state index is 4.69. The summed E-state index contributed by atoms with van der Waals surface area (Å²) in [4.78, 5) is 9.25. The second-order valence-electron chi connectivity index (χ2n) is 6.42. The highest BCUT2D eigenvalue weighted by Crippen LogP contribution is 2.39. The number of anilines is 2. The van der Waals surface area contributed by atoms with Crippen LogP contribution in [-0.4, -0.2) is 23.6 Å². The molecule has 2 aliphatic rings. The summed E-state index contributed by atoms with van der Waals surface area (Å²) in [6.45, 7) is 3.44. The largest absolute Gasteiger partial charge is 0.373 e. The highest BCUT2D eigenvalue weighted by Gasteiger charge is 2.27. The van der Waals surface area contributed by atoms with Crippen LogP contribution in [0.15, 0.2) is 6.07 Å². The number of hydrogen-bond acceptors (Lipinski definition) is 4. The van der Waals surface area contributed by atoms with Gasteiger partial charge in [0.05, 0.1) is 0 Å². The molecule has 2 saturated carbocycles. The van der Waals surface area contributed by atoms with Crippen LogP contribution in [0.1, 0.15) is 57.2 Å². The van der Waals surface area contributed by atoms with Gasteiger partial charge in [0.25, 0.3) is 0 Å². The molecule has 0 spiro atoms. The molecule has 2 unspecified atom stereocenters. The zero-order valence-corrected chi connectivity index (χ0v) is 12.7. The molecular weight excluding hydrogens is 248 g/mol. The normalized spacial score (nSPS) is 26.3. The van der Waals surface area contributed by atoms with Gasteiger partial charge in [-0.15, -0.1) is 0 Å². The van der Waals surface area contributed by atoms with Gasteiger partial charge in [-0.05, 0) is 31.1 Å². The molecule has 0 saturated heterocycles. The Balaban J connectivity index is 1.65. The molecule has 1 heterocycles. The highest BCUT2D eigenvalue weighted by molar-refractivity contribution is 5.47. The Labute approximate surface area is 121 Å². The molecular formula is C16H26N4. The molecule has 2 atom stereocenters. The summed E-state index contributed by atoms with van der Waals surface area (Å²) < 4.78 is 0. The van der Waals surface area contributed by atoms with Crippen LogP contribution in [0.25, 0.3) is 0 Å². The Hall–Kier alpha value is -1.32. The molecule has 1 aromatic heterocycles. The fraction of sp³-hybridized carbons (Fsp3) is 0.750. The summed E-state index contributed by atoms with van der Waals surface area (Å²) in [5.74, 6) is 5.16. The van der Waals surface area contributed by atoms with Crippen molar-refractivity contribution in [2.24, 2.45) is 11.8 Å². The molecule has 4 nitrogen and oxygen atoms in total. The lowest BCUT2D eigenvalue weighted by atomic mass is 9.80. The van der Waals surface area contributed by atoms with E-state index in [-0.39, 0.29) is 0 Å². The van der Waals surface area contributed by atoms with Crippen molar-refractivity contribution in [2.75, 3.05) is 24.2 Å². The molecule has 0 amide bonds. The lowest BCUT2D eigenvalue weighted by molar-refractivity contribution is 0.268. The molecule has 1 aromatic rings. The predicted octanol–water partition coefficient (Wildman–Crippen LogP) is 3.63. The molecule has 2 fully saturated rings. The van der Waals surface area contributed by atoms with Crippen LogP contribution >= 0.6 is 0 Å². The number of nitrogens with one attached hydrogen (secondary N) is 2. The molecule has 4 heteroatoms. The first-order chi connectivity index (χ1) is 9.76. The first kappa shape index (κ1) is 13.7. The van der Waals surface area contributed by atoms with E-state index in [1.165, 1.54) is 38.5 Å². The minimum absolute atomic E-state index is 0.595. The second-order valence-corrected chi connectivity index (χ2v) is 6.42. The quantitative estimate of drug-likeness (QED) is 0.860. The zero-order valence-electron chi connectivity index (χ0n) is 12.7. The summed E-state index contributed by atoms with van der Waals surface area (Å²) in [6, 6.07) is 2.03. The van der Waals surface area contributed by atoms with E-state index >= 15 is 0 Å². The van der Waals surface area contributed by atoms with Crippen molar-refractivity contribution >= 4 is 11.6 Å². The molecule has 2 aliphatic carbocycles. The Morgan fingerprint density at radius 3 is 2.55 bits per heavy atom. The first-order valence-electron chi connectivity index (χ1n) is 8.07. The summed E-state index contributed by atoms with van der Waals surface area (Å²) in [5.41, 5.74) is 0. The molecule has 0 aromatic carbocycles. The number of nitrogens with zero attached hydrogens (tertiary/aromatic N) is 2. The van der Waals surface area contributed by atoms with Gasteiger partial charge in [0.15, 0.2) is 0 Å². The second kappa shape index (κ2) is 5.98. The minimum atomic E-state index is 0.595. The third kappa shape index (κ3) is 3.22. The molecule has 2 N–H and O–H groups in total. The third-order valence-corrected chi connectivity index (χ3v) is 4.78. The van der Waals surface area contributed by atoms with Gasteiger partial charge in [0.2, 0.25) is 0 Å². The minimum Gasteiger partial charge on any atom is -0.373 e. The SMILES string of the molecule is CNc1cc(NCC2CCCCC2C)nc(C2CC2)n1. The molecule has 0 aliphatic heterocycles. The van der Waals surface area contributed by atoms with Crippen LogP contribution in [0.4, 0.5) is 11.6 Å². The van der Waals surface area contributed by atoms with Crippen LogP contribution in [0, 0.1) is 11.8 Å². The topological polar surface area (TPSA) is 49.8 Å².